The van der Waals surface area contributed by atoms with Gasteiger partial charge in [0.1, 0.15) is 5.60 Å². The van der Waals surface area contributed by atoms with Crippen molar-refractivity contribution in [1.82, 2.24) is 15.2 Å². The van der Waals surface area contributed by atoms with E-state index in [4.69, 9.17) is 4.74 Å². The van der Waals surface area contributed by atoms with Crippen LogP contribution in [0.5, 0.6) is 0 Å². The molecule has 0 radical (unpaired) electrons. The van der Waals surface area contributed by atoms with Crippen molar-refractivity contribution in [3.05, 3.63) is 51.5 Å². The summed E-state index contributed by atoms with van der Waals surface area (Å²) in [6, 6.07) is 5.53. The van der Waals surface area contributed by atoms with E-state index in [-0.39, 0.29) is 17.4 Å². The third-order valence-corrected chi connectivity index (χ3v) is 7.71. The van der Waals surface area contributed by atoms with Gasteiger partial charge in [-0.25, -0.2) is 0 Å². The Bertz CT molecular complexity index is 899. The lowest BCUT2D eigenvalue weighted by molar-refractivity contribution is -0.117. The molecular weight excluding hydrogens is 386 g/mol. The minimum Gasteiger partial charge on any atom is -0.371 e. The molecule has 2 fully saturated rings. The molecule has 2 aromatic rings. The largest absolute Gasteiger partial charge is 0.371 e. The van der Waals surface area contributed by atoms with Crippen molar-refractivity contribution in [3.63, 3.8) is 0 Å². The van der Waals surface area contributed by atoms with Gasteiger partial charge in [0.25, 0.3) is 11.8 Å². The van der Waals surface area contributed by atoms with Crippen molar-refractivity contribution in [2.45, 2.75) is 37.7 Å². The van der Waals surface area contributed by atoms with Crippen molar-refractivity contribution < 1.29 is 14.3 Å². The zero-order chi connectivity index (χ0) is 19.8. The van der Waals surface area contributed by atoms with E-state index in [0.717, 1.165) is 37.2 Å². The maximum absolute atomic E-state index is 12.9. The number of aryl methyl sites for hydroxylation is 2. The van der Waals surface area contributed by atoms with E-state index in [1.165, 1.54) is 16.9 Å². The monoisotopic (exact) mass is 411 g/mol. The Hall–Kier alpha value is -2.25. The predicted molar refractivity (Wildman–Crippen MR) is 110 cm³/mol. The zero-order valence-corrected chi connectivity index (χ0v) is 17.2. The first-order chi connectivity index (χ1) is 14.1. The second kappa shape index (κ2) is 7.54. The molecule has 2 saturated heterocycles. The standard InChI is InChI=1S/C22H25N3O3S/c26-20(15-4-8-23-9-5-15)24-10-6-17-7-11-28-22(17)13-25(14-22)21(27)19-12-16-2-1-3-18(16)29-19/h4-5,8-9,12,17H,1-3,6-7,10-11,13-14H2,(H,24,26)/t17-/m0/s1. The smallest absolute Gasteiger partial charge is 0.264 e. The molecule has 7 heteroatoms. The van der Waals surface area contributed by atoms with Crippen LogP contribution in [0, 0.1) is 5.92 Å². The van der Waals surface area contributed by atoms with Crippen molar-refractivity contribution in [2.24, 2.45) is 5.92 Å². The van der Waals surface area contributed by atoms with Gasteiger partial charge in [-0.3, -0.25) is 14.6 Å². The molecule has 2 aliphatic heterocycles. The summed E-state index contributed by atoms with van der Waals surface area (Å²) in [5.41, 5.74) is 1.77. The highest BCUT2D eigenvalue weighted by Crippen LogP contribution is 2.42. The maximum atomic E-state index is 12.9. The third kappa shape index (κ3) is 3.46. The average Bonchev–Trinajstić information content (AvgIpc) is 3.41. The molecule has 29 heavy (non-hydrogen) atoms. The average molecular weight is 412 g/mol. The predicted octanol–water partition coefficient (Wildman–Crippen LogP) is 2.68. The summed E-state index contributed by atoms with van der Waals surface area (Å²) in [6.07, 6.45) is 8.54. The first kappa shape index (κ1) is 18.8. The van der Waals surface area contributed by atoms with E-state index in [2.05, 4.69) is 16.4 Å². The number of likely N-dealkylation sites (tertiary alicyclic amines) is 1. The summed E-state index contributed by atoms with van der Waals surface area (Å²) >= 11 is 1.67. The number of aromatic nitrogens is 1. The summed E-state index contributed by atoms with van der Waals surface area (Å²) in [5, 5.41) is 2.99. The molecule has 0 saturated carbocycles. The molecule has 1 N–H and O–H groups in total. The molecule has 0 unspecified atom stereocenters. The molecule has 5 rings (SSSR count). The van der Waals surface area contributed by atoms with Crippen LogP contribution < -0.4 is 5.32 Å². The molecule has 152 valence electrons. The number of amides is 2. The topological polar surface area (TPSA) is 71.5 Å². The molecule has 1 spiro atoms. The SMILES string of the molecule is O=C(NCC[C@H]1CCOC12CN(C(=O)c1cc3c(s1)CCC3)C2)c1ccncc1. The molecule has 1 atom stereocenters. The van der Waals surface area contributed by atoms with Crippen LogP contribution in [0.4, 0.5) is 0 Å². The number of nitrogens with one attached hydrogen (secondary N) is 1. The minimum atomic E-state index is -0.225. The molecule has 1 aliphatic carbocycles. The van der Waals surface area contributed by atoms with Gasteiger partial charge in [-0.1, -0.05) is 0 Å². The summed E-state index contributed by atoms with van der Waals surface area (Å²) < 4.78 is 6.10. The lowest BCUT2D eigenvalue weighted by Gasteiger charge is -2.50. The lowest BCUT2D eigenvalue weighted by atomic mass is 9.79. The molecular formula is C22H25N3O3S. The number of thiophene rings is 1. The Morgan fingerprint density at radius 3 is 2.90 bits per heavy atom. The van der Waals surface area contributed by atoms with Crippen LogP contribution >= 0.6 is 11.3 Å². The van der Waals surface area contributed by atoms with Crippen LogP contribution in [0.25, 0.3) is 0 Å². The Morgan fingerprint density at radius 2 is 2.10 bits per heavy atom. The first-order valence-corrected chi connectivity index (χ1v) is 11.2. The van der Waals surface area contributed by atoms with Gasteiger partial charge in [0.15, 0.2) is 0 Å². The molecule has 3 aliphatic rings. The number of carbonyl (C=O) groups excluding carboxylic acids is 2. The fourth-order valence-corrected chi connectivity index (χ4v) is 6.06. The molecule has 4 heterocycles. The molecule has 2 amide bonds. The zero-order valence-electron chi connectivity index (χ0n) is 16.4. The number of pyridine rings is 1. The van der Waals surface area contributed by atoms with Gasteiger partial charge < -0.3 is 15.0 Å². The van der Waals surface area contributed by atoms with Crippen LogP contribution in [0.15, 0.2) is 30.6 Å². The Kier molecular flexibility index (Phi) is 4.87. The van der Waals surface area contributed by atoms with E-state index >= 15 is 0 Å². The number of ether oxygens (including phenoxy) is 1. The molecule has 6 nitrogen and oxygen atoms in total. The second-order valence-electron chi connectivity index (χ2n) is 8.25. The highest BCUT2D eigenvalue weighted by molar-refractivity contribution is 7.14. The normalized spacial score (nSPS) is 21.8. The summed E-state index contributed by atoms with van der Waals surface area (Å²) in [6.45, 7) is 2.68. The van der Waals surface area contributed by atoms with E-state index in [1.54, 1.807) is 35.9 Å². The molecule has 0 bridgehead atoms. The maximum Gasteiger partial charge on any atom is 0.264 e. The summed E-state index contributed by atoms with van der Waals surface area (Å²) in [5.74, 6) is 0.449. The van der Waals surface area contributed by atoms with Gasteiger partial charge in [0, 0.05) is 36.0 Å². The highest BCUT2D eigenvalue weighted by Gasteiger charge is 2.54. The Labute approximate surface area is 174 Å². The Morgan fingerprint density at radius 1 is 1.28 bits per heavy atom. The fraction of sp³-hybridized carbons (Fsp3) is 0.500. The van der Waals surface area contributed by atoms with E-state index in [1.807, 2.05) is 4.90 Å². The second-order valence-corrected chi connectivity index (χ2v) is 9.39. The minimum absolute atomic E-state index is 0.0727. The van der Waals surface area contributed by atoms with Gasteiger partial charge in [-0.2, -0.15) is 0 Å². The first-order valence-electron chi connectivity index (χ1n) is 10.4. The fourth-order valence-electron chi connectivity index (χ4n) is 4.84. The number of fused-ring (bicyclic) bond motifs is 1. The van der Waals surface area contributed by atoms with Crippen molar-refractivity contribution in [2.75, 3.05) is 26.2 Å². The quantitative estimate of drug-likeness (QED) is 0.821. The number of rotatable bonds is 5. The summed E-state index contributed by atoms with van der Waals surface area (Å²) in [4.78, 5) is 33.2. The third-order valence-electron chi connectivity index (χ3n) is 6.48. The molecule has 2 aromatic heterocycles. The van der Waals surface area contributed by atoms with Crippen LogP contribution in [0.3, 0.4) is 0 Å². The van der Waals surface area contributed by atoms with Gasteiger partial charge in [-0.15, -0.1) is 11.3 Å². The molecule has 0 aromatic carbocycles. The number of hydrogen-bond acceptors (Lipinski definition) is 5. The number of hydrogen-bond donors (Lipinski definition) is 1. The van der Waals surface area contributed by atoms with Crippen LogP contribution in [-0.4, -0.2) is 53.5 Å². The summed E-state index contributed by atoms with van der Waals surface area (Å²) in [7, 11) is 0. The van der Waals surface area contributed by atoms with E-state index in [9.17, 15) is 9.59 Å². The van der Waals surface area contributed by atoms with E-state index < -0.39 is 0 Å². The lowest BCUT2D eigenvalue weighted by Crippen LogP contribution is -2.66. The number of carbonyl (C=O) groups is 2. The van der Waals surface area contributed by atoms with Crippen molar-refractivity contribution >= 4 is 23.2 Å². The van der Waals surface area contributed by atoms with Crippen LogP contribution in [0.1, 0.15) is 49.7 Å². The van der Waals surface area contributed by atoms with Crippen LogP contribution in [-0.2, 0) is 17.6 Å². The number of nitrogens with zero attached hydrogens (tertiary/aromatic N) is 2. The van der Waals surface area contributed by atoms with Gasteiger partial charge in [-0.05, 0) is 61.8 Å². The van der Waals surface area contributed by atoms with Gasteiger partial charge in [0.2, 0.25) is 0 Å². The van der Waals surface area contributed by atoms with Gasteiger partial charge in [0.05, 0.1) is 18.0 Å². The van der Waals surface area contributed by atoms with Gasteiger partial charge >= 0.3 is 0 Å². The van der Waals surface area contributed by atoms with Crippen LogP contribution in [0.2, 0.25) is 0 Å². The van der Waals surface area contributed by atoms with E-state index in [0.29, 0.717) is 31.1 Å². The van der Waals surface area contributed by atoms with Crippen molar-refractivity contribution in [3.8, 4) is 0 Å². The van der Waals surface area contributed by atoms with Crippen molar-refractivity contribution in [1.29, 1.82) is 0 Å². The Balaban J connectivity index is 1.14. The highest BCUT2D eigenvalue weighted by atomic mass is 32.1.